The van der Waals surface area contributed by atoms with Crippen molar-refractivity contribution in [2.24, 2.45) is 0 Å². The average molecular weight is 476 g/mol. The summed E-state index contributed by atoms with van der Waals surface area (Å²) in [7, 11) is -7.41. The van der Waals surface area contributed by atoms with Crippen molar-refractivity contribution >= 4 is 43.3 Å². The lowest BCUT2D eigenvalue weighted by molar-refractivity contribution is 0.102. The van der Waals surface area contributed by atoms with E-state index in [1.807, 2.05) is 0 Å². The minimum Gasteiger partial charge on any atom is -0.322 e. The molecule has 0 spiro atoms. The van der Waals surface area contributed by atoms with Gasteiger partial charge in [-0.3, -0.25) is 9.52 Å². The SMILES string of the molecule is Cc1ccnc(NS(=O)(=O)c2ccc(NC(=O)c3ccc(C)c(NS(C)(=O)=O)c3)cc2)n1. The van der Waals surface area contributed by atoms with Crippen molar-refractivity contribution in [3.8, 4) is 0 Å². The number of sulfonamides is 2. The van der Waals surface area contributed by atoms with E-state index in [1.54, 1.807) is 32.0 Å². The summed E-state index contributed by atoms with van der Waals surface area (Å²) in [5.74, 6) is -0.524. The van der Waals surface area contributed by atoms with Gasteiger partial charge in [-0.2, -0.15) is 0 Å². The summed E-state index contributed by atoms with van der Waals surface area (Å²) >= 11 is 0. The average Bonchev–Trinajstić information content (AvgIpc) is 2.68. The summed E-state index contributed by atoms with van der Waals surface area (Å²) in [6, 6.07) is 11.8. The zero-order valence-corrected chi connectivity index (χ0v) is 19.1. The maximum Gasteiger partial charge on any atom is 0.264 e. The number of aromatic nitrogens is 2. The smallest absolute Gasteiger partial charge is 0.264 e. The number of amides is 1. The van der Waals surface area contributed by atoms with E-state index in [9.17, 15) is 21.6 Å². The van der Waals surface area contributed by atoms with Crippen LogP contribution < -0.4 is 14.8 Å². The third-order valence-electron chi connectivity index (χ3n) is 4.24. The van der Waals surface area contributed by atoms with E-state index < -0.39 is 26.0 Å². The van der Waals surface area contributed by atoms with E-state index in [0.29, 0.717) is 22.6 Å². The first-order valence-electron chi connectivity index (χ1n) is 9.25. The highest BCUT2D eigenvalue weighted by Gasteiger charge is 2.16. The van der Waals surface area contributed by atoms with Crippen LogP contribution in [-0.2, 0) is 20.0 Å². The second-order valence-corrected chi connectivity index (χ2v) is 10.4. The van der Waals surface area contributed by atoms with Crippen molar-refractivity contribution in [2.75, 3.05) is 21.0 Å². The van der Waals surface area contributed by atoms with Crippen LogP contribution in [0.4, 0.5) is 17.3 Å². The van der Waals surface area contributed by atoms with Crippen LogP contribution in [0.1, 0.15) is 21.6 Å². The number of nitrogens with one attached hydrogen (secondary N) is 3. The van der Waals surface area contributed by atoms with Gasteiger partial charge in [0.1, 0.15) is 0 Å². The molecule has 0 atom stereocenters. The zero-order chi connectivity index (χ0) is 23.5. The first-order valence-corrected chi connectivity index (χ1v) is 12.6. The topological polar surface area (TPSA) is 147 Å². The number of hydrogen-bond acceptors (Lipinski definition) is 7. The monoisotopic (exact) mass is 475 g/mol. The van der Waals surface area contributed by atoms with Crippen molar-refractivity contribution in [1.82, 2.24) is 9.97 Å². The van der Waals surface area contributed by atoms with Crippen LogP contribution in [0.2, 0.25) is 0 Å². The third kappa shape index (κ3) is 6.02. The van der Waals surface area contributed by atoms with Gasteiger partial charge in [0.25, 0.3) is 15.9 Å². The van der Waals surface area contributed by atoms with Gasteiger partial charge >= 0.3 is 0 Å². The maximum absolute atomic E-state index is 12.6. The molecule has 1 heterocycles. The quantitative estimate of drug-likeness (QED) is 0.476. The van der Waals surface area contributed by atoms with Crippen molar-refractivity contribution in [2.45, 2.75) is 18.7 Å². The van der Waals surface area contributed by atoms with Crippen molar-refractivity contribution < 1.29 is 21.6 Å². The Hall–Kier alpha value is -3.51. The molecule has 0 aliphatic rings. The highest BCUT2D eigenvalue weighted by atomic mass is 32.2. The van der Waals surface area contributed by atoms with Gasteiger partial charge in [-0.15, -0.1) is 0 Å². The molecule has 168 valence electrons. The molecular formula is C20H21N5O5S2. The minimum absolute atomic E-state index is 0.0319. The lowest BCUT2D eigenvalue weighted by Crippen LogP contribution is -2.16. The zero-order valence-electron chi connectivity index (χ0n) is 17.4. The molecule has 0 unspecified atom stereocenters. The third-order valence-corrected chi connectivity index (χ3v) is 6.17. The van der Waals surface area contributed by atoms with Crippen LogP contribution in [0.5, 0.6) is 0 Å². The van der Waals surface area contributed by atoms with E-state index in [4.69, 9.17) is 0 Å². The summed E-state index contributed by atoms with van der Waals surface area (Å²) in [6.45, 7) is 3.43. The Bertz CT molecular complexity index is 1370. The highest BCUT2D eigenvalue weighted by molar-refractivity contribution is 7.92. The molecule has 12 heteroatoms. The number of hydrogen-bond donors (Lipinski definition) is 3. The Labute approximate surface area is 186 Å². The van der Waals surface area contributed by atoms with E-state index in [0.717, 1.165) is 6.26 Å². The molecule has 3 rings (SSSR count). The molecule has 10 nitrogen and oxygen atoms in total. The maximum atomic E-state index is 12.6. The highest BCUT2D eigenvalue weighted by Crippen LogP contribution is 2.20. The van der Waals surface area contributed by atoms with Crippen molar-refractivity contribution in [3.05, 3.63) is 71.5 Å². The van der Waals surface area contributed by atoms with Gasteiger partial charge in [-0.25, -0.2) is 31.5 Å². The summed E-state index contributed by atoms with van der Waals surface area (Å²) in [4.78, 5) is 20.4. The fourth-order valence-corrected chi connectivity index (χ4v) is 4.24. The molecule has 3 aromatic rings. The van der Waals surface area contributed by atoms with Gasteiger partial charge in [0.2, 0.25) is 16.0 Å². The van der Waals surface area contributed by atoms with Crippen LogP contribution in [0.3, 0.4) is 0 Å². The second kappa shape index (κ2) is 8.93. The molecule has 0 radical (unpaired) electrons. The summed E-state index contributed by atoms with van der Waals surface area (Å²) in [5.41, 5.74) is 2.16. The fourth-order valence-electron chi connectivity index (χ4n) is 2.67. The summed E-state index contributed by atoms with van der Waals surface area (Å²) in [5, 5.41) is 2.65. The minimum atomic E-state index is -3.91. The Kier molecular flexibility index (Phi) is 6.46. The number of anilines is 3. The molecule has 0 aliphatic carbocycles. The molecule has 0 bridgehead atoms. The van der Waals surface area contributed by atoms with Gasteiger partial charge in [0.05, 0.1) is 16.8 Å². The lowest BCUT2D eigenvalue weighted by Gasteiger charge is -2.11. The summed E-state index contributed by atoms with van der Waals surface area (Å²) in [6.07, 6.45) is 2.47. The van der Waals surface area contributed by atoms with E-state index >= 15 is 0 Å². The van der Waals surface area contributed by atoms with Crippen molar-refractivity contribution in [3.63, 3.8) is 0 Å². The largest absolute Gasteiger partial charge is 0.322 e. The molecule has 2 aromatic carbocycles. The molecule has 0 aliphatic heterocycles. The molecule has 1 amide bonds. The Morgan fingerprint density at radius 3 is 2.22 bits per heavy atom. The first kappa shape index (κ1) is 23.2. The predicted molar refractivity (Wildman–Crippen MR) is 122 cm³/mol. The molecule has 3 N–H and O–H groups in total. The van der Waals surface area contributed by atoms with Crippen LogP contribution >= 0.6 is 0 Å². The standard InChI is InChI=1S/C20H21N5O5S2/c1-13-4-5-15(12-18(13)24-31(3,27)28)19(26)23-16-6-8-17(9-7-16)32(29,30)25-20-21-11-10-14(2)22-20/h4-12,24H,1-3H3,(H,23,26)(H,21,22,25). The Balaban J connectivity index is 1.74. The van der Waals surface area contributed by atoms with Crippen LogP contribution in [0.25, 0.3) is 0 Å². The molecule has 0 fully saturated rings. The normalized spacial score (nSPS) is 11.6. The Morgan fingerprint density at radius 1 is 0.906 bits per heavy atom. The lowest BCUT2D eigenvalue weighted by atomic mass is 10.1. The first-order chi connectivity index (χ1) is 14.9. The van der Waals surface area contributed by atoms with Gasteiger partial charge in [0, 0.05) is 23.1 Å². The number of rotatable bonds is 7. The van der Waals surface area contributed by atoms with E-state index in [1.165, 1.54) is 36.5 Å². The van der Waals surface area contributed by atoms with Crippen LogP contribution in [-0.4, -0.2) is 39.0 Å². The molecule has 1 aromatic heterocycles. The van der Waals surface area contributed by atoms with Gasteiger partial charge in [-0.1, -0.05) is 6.07 Å². The summed E-state index contributed by atoms with van der Waals surface area (Å²) < 4.78 is 52.7. The number of carbonyl (C=O) groups is 1. The van der Waals surface area contributed by atoms with Crippen LogP contribution in [0.15, 0.2) is 59.6 Å². The van der Waals surface area contributed by atoms with Gasteiger partial charge in [0.15, 0.2) is 0 Å². The second-order valence-electron chi connectivity index (χ2n) is 7.01. The molecule has 32 heavy (non-hydrogen) atoms. The van der Waals surface area contributed by atoms with Gasteiger partial charge < -0.3 is 5.32 Å². The fraction of sp³-hybridized carbons (Fsp3) is 0.150. The molecule has 0 saturated heterocycles. The molecular weight excluding hydrogens is 454 g/mol. The van der Waals surface area contributed by atoms with Crippen LogP contribution in [0, 0.1) is 13.8 Å². The van der Waals surface area contributed by atoms with Gasteiger partial charge in [-0.05, 0) is 61.9 Å². The number of aryl methyl sites for hydroxylation is 2. The predicted octanol–water partition coefficient (Wildman–Crippen LogP) is 2.52. The van der Waals surface area contributed by atoms with E-state index in [-0.39, 0.29) is 16.4 Å². The number of benzene rings is 2. The van der Waals surface area contributed by atoms with Crippen molar-refractivity contribution in [1.29, 1.82) is 0 Å². The number of nitrogens with zero attached hydrogens (tertiary/aromatic N) is 2. The number of carbonyl (C=O) groups excluding carboxylic acids is 1. The van der Waals surface area contributed by atoms with E-state index in [2.05, 4.69) is 24.7 Å². The Morgan fingerprint density at radius 2 is 1.59 bits per heavy atom. The molecule has 0 saturated carbocycles.